The van der Waals surface area contributed by atoms with Gasteiger partial charge in [0.25, 0.3) is 0 Å². The van der Waals surface area contributed by atoms with Crippen LogP contribution in [0.5, 0.6) is 0 Å². The van der Waals surface area contributed by atoms with Gasteiger partial charge in [-0.2, -0.15) is 0 Å². The van der Waals surface area contributed by atoms with Crippen LogP contribution < -0.4 is 57.1 Å². The summed E-state index contributed by atoms with van der Waals surface area (Å²) in [5.74, 6) is 0. The van der Waals surface area contributed by atoms with E-state index in [1.54, 1.807) is 0 Å². The Kier molecular flexibility index (Phi) is 12.0. The third-order valence-electron chi connectivity index (χ3n) is 3.97. The highest BCUT2D eigenvalue weighted by Gasteiger charge is 2.05. The van der Waals surface area contributed by atoms with Crippen LogP contribution in [0, 0.1) is 27.7 Å². The Morgan fingerprint density at radius 3 is 1.12 bits per heavy atom. The second kappa shape index (κ2) is 12.2. The van der Waals surface area contributed by atoms with Crippen LogP contribution in [0.2, 0.25) is 0 Å². The normalized spacial score (nSPS) is 10.0. The third-order valence-corrected chi connectivity index (χ3v) is 3.97. The van der Waals surface area contributed by atoms with E-state index < -0.39 is 0 Å². The van der Waals surface area contributed by atoms with Crippen LogP contribution in [0.15, 0.2) is 36.9 Å². The maximum atomic E-state index is 2.34. The summed E-state index contributed by atoms with van der Waals surface area (Å²) in [7, 11) is 0. The summed E-state index contributed by atoms with van der Waals surface area (Å²) < 4.78 is 4.67. The van der Waals surface area contributed by atoms with Gasteiger partial charge in [-0.1, -0.05) is 0 Å². The van der Waals surface area contributed by atoms with Gasteiger partial charge in [0.1, 0.15) is 13.1 Å². The summed E-state index contributed by atoms with van der Waals surface area (Å²) in [4.78, 5) is 0. The van der Waals surface area contributed by atoms with Crippen molar-refractivity contribution in [2.45, 2.75) is 66.5 Å². The van der Waals surface area contributed by atoms with Gasteiger partial charge in [-0.05, 0) is 52.7 Å². The van der Waals surface area contributed by atoms with Crippen molar-refractivity contribution in [3.05, 3.63) is 59.2 Å². The van der Waals surface area contributed by atoms with Gasteiger partial charge < -0.3 is 48.0 Å². The number of halogens is 2. The highest BCUT2D eigenvalue weighted by molar-refractivity contribution is 5.11. The zero-order chi connectivity index (χ0) is 15.9. The molecule has 0 aromatic carbocycles. The van der Waals surface area contributed by atoms with E-state index in [9.17, 15) is 0 Å². The molecule has 0 amide bonds. The Hall–Kier alpha value is -0.240. The number of nitrogens with zero attached hydrogens (tertiary/aromatic N) is 2. The Bertz CT molecular complexity index is 531. The second-order valence-electron chi connectivity index (χ2n) is 6.67. The monoisotopic (exact) mass is 552 g/mol. The smallest absolute Gasteiger partial charge is 0.171 e. The second-order valence-corrected chi connectivity index (χ2v) is 6.67. The highest BCUT2D eigenvalue weighted by Crippen LogP contribution is 2.03. The number of hydrogen-bond donors (Lipinski definition) is 0. The lowest BCUT2D eigenvalue weighted by atomic mass is 10.1. The first-order chi connectivity index (χ1) is 10.5. The molecule has 0 aliphatic carbocycles. The molecule has 0 unspecified atom stereocenters. The zero-order valence-electron chi connectivity index (χ0n) is 15.4. The lowest BCUT2D eigenvalue weighted by molar-refractivity contribution is -0.699. The third kappa shape index (κ3) is 8.74. The van der Waals surface area contributed by atoms with Crippen molar-refractivity contribution < 1.29 is 57.1 Å². The fourth-order valence-corrected chi connectivity index (χ4v) is 3.19. The van der Waals surface area contributed by atoms with E-state index in [1.807, 2.05) is 0 Å². The summed E-state index contributed by atoms with van der Waals surface area (Å²) in [6, 6.07) is 4.47. The molecule has 0 radical (unpaired) electrons. The standard InChI is InChI=1S/C20H30N2.2HI/c1-17-11-18(2)14-21(13-17)9-7-5-6-8-10-22-15-19(3)12-20(4)16-22;;/h11-16H,5-10H2,1-4H3;2*1H/q+2;;/p-2. The Balaban J connectivity index is 0.00000264. The van der Waals surface area contributed by atoms with Gasteiger partial charge in [-0.3, -0.25) is 0 Å². The minimum Gasteiger partial charge on any atom is -1.00 e. The van der Waals surface area contributed by atoms with Crippen LogP contribution in [-0.2, 0) is 13.1 Å². The van der Waals surface area contributed by atoms with Crippen LogP contribution in [0.1, 0.15) is 47.9 Å². The number of aryl methyl sites for hydroxylation is 6. The lowest BCUT2D eigenvalue weighted by Crippen LogP contribution is -3.00. The molecule has 2 nitrogen and oxygen atoms in total. The van der Waals surface area contributed by atoms with Crippen LogP contribution in [0.3, 0.4) is 0 Å². The van der Waals surface area contributed by atoms with E-state index in [0.29, 0.717) is 0 Å². The van der Waals surface area contributed by atoms with Gasteiger partial charge in [0, 0.05) is 35.1 Å². The molecule has 2 aromatic rings. The highest BCUT2D eigenvalue weighted by atomic mass is 127. The van der Waals surface area contributed by atoms with Gasteiger partial charge in [0.05, 0.1) is 0 Å². The van der Waals surface area contributed by atoms with Gasteiger partial charge in [0.2, 0.25) is 0 Å². The van der Waals surface area contributed by atoms with E-state index in [4.69, 9.17) is 0 Å². The molecule has 2 aromatic heterocycles. The van der Waals surface area contributed by atoms with Crippen molar-refractivity contribution in [3.63, 3.8) is 0 Å². The number of hydrogen-bond acceptors (Lipinski definition) is 0. The lowest BCUT2D eigenvalue weighted by Gasteiger charge is -2.02. The van der Waals surface area contributed by atoms with Crippen LogP contribution in [-0.4, -0.2) is 0 Å². The van der Waals surface area contributed by atoms with Crippen molar-refractivity contribution in [1.29, 1.82) is 0 Å². The first kappa shape index (κ1) is 23.8. The van der Waals surface area contributed by atoms with E-state index in [-0.39, 0.29) is 48.0 Å². The molecular formula is C20H30I2N2. The quantitative estimate of drug-likeness (QED) is 0.209. The molecule has 134 valence electrons. The van der Waals surface area contributed by atoms with E-state index >= 15 is 0 Å². The van der Waals surface area contributed by atoms with E-state index in [2.05, 4.69) is 73.7 Å². The summed E-state index contributed by atoms with van der Waals surface area (Å²) in [5.41, 5.74) is 5.41. The number of rotatable bonds is 7. The van der Waals surface area contributed by atoms with Crippen LogP contribution in [0.4, 0.5) is 0 Å². The number of aromatic nitrogens is 2. The molecule has 0 atom stereocenters. The predicted octanol–water partition coefficient (Wildman–Crippen LogP) is -2.24. The van der Waals surface area contributed by atoms with Crippen LogP contribution >= 0.6 is 0 Å². The molecule has 0 N–H and O–H groups in total. The first-order valence-corrected chi connectivity index (χ1v) is 8.47. The van der Waals surface area contributed by atoms with Crippen molar-refractivity contribution in [1.82, 2.24) is 0 Å². The topological polar surface area (TPSA) is 7.76 Å². The molecule has 0 saturated carbocycles. The maximum absolute atomic E-state index is 2.34. The molecular weight excluding hydrogens is 522 g/mol. The summed E-state index contributed by atoms with van der Waals surface area (Å²) in [6.45, 7) is 11.0. The predicted molar refractivity (Wildman–Crippen MR) is 90.7 cm³/mol. The maximum Gasteiger partial charge on any atom is 0.171 e. The Labute approximate surface area is 181 Å². The molecule has 0 fully saturated rings. The van der Waals surface area contributed by atoms with Crippen molar-refractivity contribution >= 4 is 0 Å². The Morgan fingerprint density at radius 2 is 0.833 bits per heavy atom. The van der Waals surface area contributed by atoms with Crippen LogP contribution in [0.25, 0.3) is 0 Å². The van der Waals surface area contributed by atoms with Gasteiger partial charge in [0.15, 0.2) is 24.8 Å². The summed E-state index contributed by atoms with van der Waals surface area (Å²) in [6.07, 6.45) is 14.2. The molecule has 0 spiro atoms. The minimum absolute atomic E-state index is 0. The molecule has 0 aliphatic heterocycles. The summed E-state index contributed by atoms with van der Waals surface area (Å²) >= 11 is 0. The minimum atomic E-state index is 0. The van der Waals surface area contributed by atoms with Crippen molar-refractivity contribution in [2.24, 2.45) is 0 Å². The van der Waals surface area contributed by atoms with E-state index in [0.717, 1.165) is 13.1 Å². The van der Waals surface area contributed by atoms with Gasteiger partial charge in [-0.25, -0.2) is 9.13 Å². The molecule has 0 aliphatic rings. The fraction of sp³-hybridized carbons (Fsp3) is 0.500. The fourth-order valence-electron chi connectivity index (χ4n) is 3.19. The summed E-state index contributed by atoms with van der Waals surface area (Å²) in [5, 5.41) is 0. The van der Waals surface area contributed by atoms with Gasteiger partial charge in [-0.15, -0.1) is 0 Å². The molecule has 2 heterocycles. The largest absolute Gasteiger partial charge is 1.00 e. The molecule has 0 saturated heterocycles. The van der Waals surface area contributed by atoms with Crippen molar-refractivity contribution in [2.75, 3.05) is 0 Å². The van der Waals surface area contributed by atoms with E-state index in [1.165, 1.54) is 47.9 Å². The SMILES string of the molecule is Cc1cc(C)c[n+](CCCCCC[n+]2cc(C)cc(C)c2)c1.[I-].[I-]. The number of unbranched alkanes of at least 4 members (excludes halogenated alkanes) is 3. The molecule has 24 heavy (non-hydrogen) atoms. The van der Waals surface area contributed by atoms with Gasteiger partial charge >= 0.3 is 0 Å². The first-order valence-electron chi connectivity index (χ1n) is 8.47. The average molecular weight is 552 g/mol. The Morgan fingerprint density at radius 1 is 0.542 bits per heavy atom. The zero-order valence-corrected chi connectivity index (χ0v) is 19.7. The molecule has 4 heteroatoms. The average Bonchev–Trinajstić information content (AvgIpc) is 2.40. The van der Waals surface area contributed by atoms with Crippen molar-refractivity contribution in [3.8, 4) is 0 Å². The molecule has 2 rings (SSSR count). The molecule has 0 bridgehead atoms. The number of pyridine rings is 2.